The molecule has 1 N–H and O–H groups in total. The molecule has 12 nitrogen and oxygen atoms in total. The molecule has 0 bridgehead atoms. The van der Waals surface area contributed by atoms with Crippen molar-refractivity contribution in [2.45, 2.75) is 39.2 Å². The summed E-state index contributed by atoms with van der Waals surface area (Å²) in [5, 5.41) is 21.8. The SMILES string of the molecule is CC1=C(N2CCC3(CCN(C[C@H](O)c4cnc(-n5cnnn5)c(C)n4)CC3)C2=O)COC1=O. The van der Waals surface area contributed by atoms with Crippen molar-refractivity contribution in [3.8, 4) is 5.82 Å². The average Bonchev–Trinajstić information content (AvgIpc) is 3.53. The Labute approximate surface area is 190 Å². The Hall–Kier alpha value is -3.25. The molecule has 2 aromatic heterocycles. The second-order valence-corrected chi connectivity index (χ2v) is 8.91. The number of nitrogens with zero attached hydrogens (tertiary/aromatic N) is 8. The van der Waals surface area contributed by atoms with Crippen LogP contribution in [0.15, 0.2) is 23.8 Å². The average molecular weight is 454 g/mol. The number of tetrazole rings is 1. The Balaban J connectivity index is 1.20. The molecule has 2 saturated heterocycles. The molecule has 33 heavy (non-hydrogen) atoms. The third kappa shape index (κ3) is 3.78. The van der Waals surface area contributed by atoms with Crippen molar-refractivity contribution in [3.63, 3.8) is 0 Å². The van der Waals surface area contributed by atoms with Gasteiger partial charge in [-0.1, -0.05) is 0 Å². The molecular formula is C21H26N8O4. The van der Waals surface area contributed by atoms with Crippen LogP contribution in [0.25, 0.3) is 5.82 Å². The van der Waals surface area contributed by atoms with Gasteiger partial charge >= 0.3 is 5.97 Å². The summed E-state index contributed by atoms with van der Waals surface area (Å²) in [6.45, 7) is 6.14. The van der Waals surface area contributed by atoms with Gasteiger partial charge in [-0.2, -0.15) is 4.68 Å². The number of aryl methyl sites for hydroxylation is 1. The third-order valence-electron chi connectivity index (χ3n) is 7.01. The van der Waals surface area contributed by atoms with E-state index in [1.165, 1.54) is 11.0 Å². The molecule has 0 saturated carbocycles. The van der Waals surface area contributed by atoms with Gasteiger partial charge in [-0.05, 0) is 56.6 Å². The monoisotopic (exact) mass is 454 g/mol. The maximum atomic E-state index is 13.3. The van der Waals surface area contributed by atoms with Crippen molar-refractivity contribution >= 4 is 11.9 Å². The van der Waals surface area contributed by atoms with Crippen molar-refractivity contribution in [2.75, 3.05) is 32.8 Å². The minimum Gasteiger partial charge on any atom is -0.456 e. The summed E-state index contributed by atoms with van der Waals surface area (Å²) in [6, 6.07) is 0. The number of aliphatic hydroxyl groups excluding tert-OH is 1. The van der Waals surface area contributed by atoms with Gasteiger partial charge in [-0.3, -0.25) is 4.79 Å². The van der Waals surface area contributed by atoms with E-state index in [9.17, 15) is 14.7 Å². The molecule has 5 rings (SSSR count). The first kappa shape index (κ1) is 21.6. The fourth-order valence-electron chi connectivity index (χ4n) is 4.93. The number of esters is 1. The molecule has 1 spiro atoms. The number of likely N-dealkylation sites (tertiary alicyclic amines) is 2. The Morgan fingerprint density at radius 2 is 1.94 bits per heavy atom. The van der Waals surface area contributed by atoms with Gasteiger partial charge in [-0.25, -0.2) is 14.8 Å². The highest BCUT2D eigenvalue weighted by Crippen LogP contribution is 2.43. The highest BCUT2D eigenvalue weighted by molar-refractivity contribution is 5.94. The molecule has 2 fully saturated rings. The van der Waals surface area contributed by atoms with Crippen LogP contribution in [0.1, 0.15) is 43.7 Å². The van der Waals surface area contributed by atoms with Crippen LogP contribution in [0, 0.1) is 12.3 Å². The molecule has 0 radical (unpaired) electrons. The molecule has 1 atom stereocenters. The predicted molar refractivity (Wildman–Crippen MR) is 113 cm³/mol. The van der Waals surface area contributed by atoms with Crippen LogP contribution in [0.3, 0.4) is 0 Å². The van der Waals surface area contributed by atoms with Crippen molar-refractivity contribution in [2.24, 2.45) is 5.41 Å². The number of amides is 1. The molecule has 0 aromatic carbocycles. The lowest BCUT2D eigenvalue weighted by atomic mass is 9.77. The second-order valence-electron chi connectivity index (χ2n) is 8.91. The molecule has 12 heteroatoms. The number of piperidine rings is 1. The van der Waals surface area contributed by atoms with Crippen LogP contribution in [-0.4, -0.2) is 89.7 Å². The zero-order chi connectivity index (χ0) is 23.2. The van der Waals surface area contributed by atoms with Gasteiger partial charge in [0.2, 0.25) is 5.91 Å². The maximum Gasteiger partial charge on any atom is 0.336 e. The molecule has 0 unspecified atom stereocenters. The topological polar surface area (TPSA) is 139 Å². The Morgan fingerprint density at radius 1 is 1.18 bits per heavy atom. The fraction of sp³-hybridized carbons (Fsp3) is 0.571. The first-order valence-corrected chi connectivity index (χ1v) is 11.0. The second kappa shape index (κ2) is 8.27. The van der Waals surface area contributed by atoms with Gasteiger partial charge in [0.25, 0.3) is 0 Å². The quantitative estimate of drug-likeness (QED) is 0.611. The summed E-state index contributed by atoms with van der Waals surface area (Å²) in [5.74, 6) is 0.266. The Morgan fingerprint density at radius 3 is 2.58 bits per heavy atom. The van der Waals surface area contributed by atoms with Gasteiger partial charge in [0.1, 0.15) is 19.0 Å². The number of β-amino-alcohol motifs (C(OH)–C–C–N with tert-alkyl or cyclic N) is 1. The minimum absolute atomic E-state index is 0.0926. The molecule has 174 valence electrons. The number of aliphatic hydroxyl groups is 1. The summed E-state index contributed by atoms with van der Waals surface area (Å²) < 4.78 is 6.52. The largest absolute Gasteiger partial charge is 0.456 e. The predicted octanol–water partition coefficient (Wildman–Crippen LogP) is -0.0606. The summed E-state index contributed by atoms with van der Waals surface area (Å²) in [7, 11) is 0. The summed E-state index contributed by atoms with van der Waals surface area (Å²) in [6.07, 6.45) is 4.41. The lowest BCUT2D eigenvalue weighted by Crippen LogP contribution is -2.45. The molecule has 5 heterocycles. The number of hydrogen-bond donors (Lipinski definition) is 1. The number of cyclic esters (lactones) is 1. The van der Waals surface area contributed by atoms with Gasteiger partial charge in [-0.15, -0.1) is 5.10 Å². The van der Waals surface area contributed by atoms with E-state index in [0.29, 0.717) is 54.7 Å². The van der Waals surface area contributed by atoms with E-state index in [1.54, 1.807) is 24.9 Å². The van der Waals surface area contributed by atoms with Crippen LogP contribution in [-0.2, 0) is 14.3 Å². The zero-order valence-electron chi connectivity index (χ0n) is 18.6. The Kier molecular flexibility index (Phi) is 5.41. The molecule has 1 amide bonds. The number of hydrogen-bond acceptors (Lipinski definition) is 10. The van der Waals surface area contributed by atoms with Gasteiger partial charge < -0.3 is 19.6 Å². The van der Waals surface area contributed by atoms with Crippen LogP contribution >= 0.6 is 0 Å². The number of carbonyl (C=O) groups excluding carboxylic acids is 2. The van der Waals surface area contributed by atoms with Crippen LogP contribution in [0.5, 0.6) is 0 Å². The maximum absolute atomic E-state index is 13.3. The first-order chi connectivity index (χ1) is 15.9. The standard InChI is InChI=1S/C21H26N8O4/c1-13-16(11-33-19(13)31)28-8-5-21(20(28)32)3-6-27(7-4-21)10-17(30)15-9-22-18(14(2)24-15)29-12-23-25-26-29/h9,12,17,30H,3-8,10-11H2,1-2H3/t17-/m0/s1. The van der Waals surface area contributed by atoms with E-state index >= 15 is 0 Å². The molecule has 2 aromatic rings. The summed E-state index contributed by atoms with van der Waals surface area (Å²) >= 11 is 0. The molecule has 3 aliphatic rings. The van der Waals surface area contributed by atoms with Crippen molar-refractivity contribution in [3.05, 3.63) is 35.2 Å². The zero-order valence-corrected chi connectivity index (χ0v) is 18.6. The summed E-state index contributed by atoms with van der Waals surface area (Å²) in [4.78, 5) is 37.7. The number of aromatic nitrogens is 6. The smallest absolute Gasteiger partial charge is 0.336 e. The Bertz CT molecular complexity index is 1110. The summed E-state index contributed by atoms with van der Waals surface area (Å²) in [5.41, 5.74) is 1.94. The van der Waals surface area contributed by atoms with Crippen molar-refractivity contribution in [1.82, 2.24) is 40.0 Å². The first-order valence-electron chi connectivity index (χ1n) is 11.0. The van der Waals surface area contributed by atoms with E-state index in [2.05, 4.69) is 30.4 Å². The highest BCUT2D eigenvalue weighted by atomic mass is 16.5. The highest BCUT2D eigenvalue weighted by Gasteiger charge is 2.50. The van der Waals surface area contributed by atoms with E-state index < -0.39 is 11.5 Å². The minimum atomic E-state index is -0.793. The van der Waals surface area contributed by atoms with Gasteiger partial charge in [0, 0.05) is 13.1 Å². The van der Waals surface area contributed by atoms with Crippen molar-refractivity contribution < 1.29 is 19.4 Å². The molecule has 3 aliphatic heterocycles. The van der Waals surface area contributed by atoms with Crippen LogP contribution < -0.4 is 0 Å². The number of carbonyl (C=O) groups is 2. The van der Waals surface area contributed by atoms with Crippen LogP contribution in [0.4, 0.5) is 0 Å². The number of rotatable bonds is 5. The molecule has 0 aliphatic carbocycles. The molecular weight excluding hydrogens is 428 g/mol. The lowest BCUT2D eigenvalue weighted by molar-refractivity contribution is -0.138. The van der Waals surface area contributed by atoms with E-state index in [-0.39, 0.29) is 18.5 Å². The third-order valence-corrected chi connectivity index (χ3v) is 7.01. The normalized spacial score (nSPS) is 21.8. The van der Waals surface area contributed by atoms with Crippen molar-refractivity contribution in [1.29, 1.82) is 0 Å². The van der Waals surface area contributed by atoms with Crippen LogP contribution in [0.2, 0.25) is 0 Å². The van der Waals surface area contributed by atoms with E-state index in [4.69, 9.17) is 4.74 Å². The van der Waals surface area contributed by atoms with Gasteiger partial charge in [0.15, 0.2) is 5.82 Å². The fourth-order valence-corrected chi connectivity index (χ4v) is 4.93. The number of ether oxygens (including phenoxy) is 1. The van der Waals surface area contributed by atoms with Gasteiger partial charge in [0.05, 0.1) is 34.3 Å². The lowest BCUT2D eigenvalue weighted by Gasteiger charge is -2.38. The van der Waals surface area contributed by atoms with E-state index in [1.807, 2.05) is 0 Å². The van der Waals surface area contributed by atoms with E-state index in [0.717, 1.165) is 19.3 Å².